The van der Waals surface area contributed by atoms with Gasteiger partial charge in [-0.1, -0.05) is 12.1 Å². The standard InChI is InChI=1S/C90H76N6O.Pt/c1-87(2,3)69-51-70(88(4,5)6)82-56-38-42-75-67(46-56)68-48-58(40-44-76(68)96(75)60-27-17-14-18-28-60)84-72(90(10,11)12)52-71(89(7,8)9)83-57-39-43-74-66(47-57)65-45-55(37-41-73(65)95(74)59-25-15-13-16-26-59)81(69)85(82)93-53-91(77-33-19-21-35-79(77)93)61-29-23-31-63(49-61)97-64-32-24-30-62(50-64)92-54-94(86(83)84)80-36-22-20-34-78(80)92;/h13-52H,1-12H3;. The van der Waals surface area contributed by atoms with Crippen LogP contribution in [-0.2, 0) is 39.3 Å². The second kappa shape index (κ2) is 20.6. The summed E-state index contributed by atoms with van der Waals surface area (Å²) in [6, 6.07) is 93.4. The van der Waals surface area contributed by atoms with E-state index in [1.807, 2.05) is 0 Å². The first-order chi connectivity index (χ1) is 47.2. The van der Waals surface area contributed by atoms with Crippen LogP contribution < -0.4 is 24.3 Å². The molecule has 0 amide bonds. The Labute approximate surface area is 581 Å². The molecular formula is C90H76N6OPt. The normalized spacial score (nSPS) is 14.5. The van der Waals surface area contributed by atoms with Crippen LogP contribution in [0.4, 0.5) is 45.5 Å². The van der Waals surface area contributed by atoms with Crippen LogP contribution in [0.2, 0.25) is 0 Å². The van der Waals surface area contributed by atoms with Crippen molar-refractivity contribution in [2.45, 2.75) is 105 Å². The molecule has 0 spiro atoms. The molecule has 0 N–H and O–H groups in total. The van der Waals surface area contributed by atoms with Crippen LogP contribution in [0.15, 0.2) is 243 Å². The molecule has 0 saturated heterocycles. The molecule has 7 nitrogen and oxygen atoms in total. The van der Waals surface area contributed by atoms with Crippen LogP contribution in [-0.4, -0.2) is 17.4 Å². The van der Waals surface area contributed by atoms with Gasteiger partial charge in [0.1, 0.15) is 0 Å². The summed E-state index contributed by atoms with van der Waals surface area (Å²) in [4.78, 5) is 10.8. The molecule has 482 valence electrons. The number of hydrogen-bond donors (Lipinski definition) is 0. The van der Waals surface area contributed by atoms with Gasteiger partial charge in [-0.05, 0) is 0 Å². The molecule has 5 aliphatic rings. The number of ether oxygens (including phenoxy) is 1. The van der Waals surface area contributed by atoms with E-state index in [1.54, 1.807) is 0 Å². The van der Waals surface area contributed by atoms with Gasteiger partial charge in [-0.2, -0.15) is 0 Å². The van der Waals surface area contributed by atoms with Crippen LogP contribution in [0.1, 0.15) is 105 Å². The van der Waals surface area contributed by atoms with Crippen molar-refractivity contribution in [1.29, 1.82) is 0 Å². The number of anilines is 8. The summed E-state index contributed by atoms with van der Waals surface area (Å²) in [5.41, 5.74) is 29.2. The molecule has 7 heterocycles. The van der Waals surface area contributed by atoms with E-state index >= 15 is 0 Å². The topological polar surface area (TPSA) is 32.1 Å². The van der Waals surface area contributed by atoms with Gasteiger partial charge in [-0.15, -0.1) is 0 Å². The molecule has 8 heteroatoms. The Morgan fingerprint density at radius 1 is 0.265 bits per heavy atom. The van der Waals surface area contributed by atoms with Gasteiger partial charge in [0.05, 0.1) is 0 Å². The molecule has 98 heavy (non-hydrogen) atoms. The minimum atomic E-state index is -1.39. The number of rotatable bonds is 2. The Morgan fingerprint density at radius 2 is 0.551 bits per heavy atom. The van der Waals surface area contributed by atoms with E-state index in [0.29, 0.717) is 0 Å². The van der Waals surface area contributed by atoms with Gasteiger partial charge in [-0.3, -0.25) is 0 Å². The number of benzene rings is 12. The molecule has 5 aliphatic heterocycles. The van der Waals surface area contributed by atoms with Crippen LogP contribution in [0.25, 0.3) is 99.5 Å². The van der Waals surface area contributed by atoms with Crippen molar-refractivity contribution in [3.05, 3.63) is 265 Å². The Kier molecular flexibility index (Phi) is 12.4. The van der Waals surface area contributed by atoms with Crippen molar-refractivity contribution >= 4 is 97.4 Å². The van der Waals surface area contributed by atoms with E-state index in [4.69, 9.17) is 4.74 Å². The van der Waals surface area contributed by atoms with E-state index < -0.39 is 17.6 Å². The fourth-order valence-electron chi connectivity index (χ4n) is 16.6. The van der Waals surface area contributed by atoms with E-state index in [2.05, 4.69) is 354 Å². The Morgan fingerprint density at radius 3 is 0.857 bits per heavy atom. The number of para-hydroxylation sites is 6. The Hall–Kier alpha value is -10.3. The van der Waals surface area contributed by atoms with Gasteiger partial charge in [0.15, 0.2) is 0 Å². The zero-order valence-corrected chi connectivity index (χ0v) is 59.8. The van der Waals surface area contributed by atoms with Gasteiger partial charge in [-0.25, -0.2) is 0 Å². The summed E-state index contributed by atoms with van der Waals surface area (Å²) >= 11 is -1.39. The molecule has 0 aliphatic carbocycles. The molecule has 19 rings (SSSR count). The molecule has 0 fully saturated rings. The molecule has 14 aromatic rings. The monoisotopic (exact) mass is 1450 g/mol. The Balaban J connectivity index is 1.16. The van der Waals surface area contributed by atoms with Crippen LogP contribution in [0.3, 0.4) is 0 Å². The third-order valence-electron chi connectivity index (χ3n) is 20.9. The average Bonchev–Trinajstić information content (AvgIpc) is 1.43. The fraction of sp³-hybridized carbons (Fsp3) is 0.178. The summed E-state index contributed by atoms with van der Waals surface area (Å²) in [6.45, 7) is 29.2. The average molecular weight is 1450 g/mol. The third kappa shape index (κ3) is 8.57. The van der Waals surface area contributed by atoms with E-state index in [9.17, 15) is 0 Å². The van der Waals surface area contributed by atoms with Crippen LogP contribution in [0.5, 0.6) is 11.5 Å². The molecule has 0 saturated carbocycles. The molecule has 0 unspecified atom stereocenters. The summed E-state index contributed by atoms with van der Waals surface area (Å²) < 4.78 is 14.6. The molecule has 0 atom stereocenters. The van der Waals surface area contributed by atoms with E-state index in [-0.39, 0.29) is 21.7 Å². The van der Waals surface area contributed by atoms with Gasteiger partial charge in [0.25, 0.3) is 0 Å². The predicted molar refractivity (Wildman–Crippen MR) is 410 cm³/mol. The second-order valence-electron chi connectivity index (χ2n) is 31.4. The fourth-order valence-corrected chi connectivity index (χ4v) is 20.2. The number of fused-ring (bicyclic) bond motifs is 18. The maximum absolute atomic E-state index is 7.16. The van der Waals surface area contributed by atoms with E-state index in [1.165, 1.54) is 108 Å². The zero-order chi connectivity index (χ0) is 66.8. The first kappa shape index (κ1) is 59.0. The predicted octanol–water partition coefficient (Wildman–Crippen LogP) is 24.0. The summed E-state index contributed by atoms with van der Waals surface area (Å²) in [5.74, 6) is 1.56. The third-order valence-corrected chi connectivity index (χ3v) is 24.0. The number of aromatic nitrogens is 2. The molecule has 2 aromatic heterocycles. The minimum absolute atomic E-state index is 0.350. The van der Waals surface area contributed by atoms with Crippen molar-refractivity contribution in [1.82, 2.24) is 9.13 Å². The van der Waals surface area contributed by atoms with Gasteiger partial charge in [0, 0.05) is 0 Å². The van der Waals surface area contributed by atoms with Crippen molar-refractivity contribution in [2.75, 3.05) is 19.6 Å². The van der Waals surface area contributed by atoms with Crippen molar-refractivity contribution < 1.29 is 22.4 Å². The summed E-state index contributed by atoms with van der Waals surface area (Å²) in [6.07, 6.45) is 0. The van der Waals surface area contributed by atoms with Crippen molar-refractivity contribution in [3.63, 3.8) is 0 Å². The molecule has 12 aromatic carbocycles. The number of nitrogens with zero attached hydrogens (tertiary/aromatic N) is 6. The maximum atomic E-state index is 7.16. The van der Waals surface area contributed by atoms with Crippen molar-refractivity contribution in [3.8, 4) is 67.4 Å². The first-order valence-electron chi connectivity index (χ1n) is 34.5. The summed E-state index contributed by atoms with van der Waals surface area (Å²) in [5, 5.41) is 4.82. The SMILES string of the molecule is CC(C)(C)c1cc(C(C)(C)C)c2c3c1-c1ccc4c(c1)c1cc(ccc1n4-c1ccccc1)-c1c(C(C)(C)C)cc(C(C)(C)C)c(c1N1[C]4=[Pt]=[C]5N(c6cccc(c6)Oc6cccc(c6)N4c4ccccc41)c1ccccc1N53)-c1ccc3c(c1)c1cc-2ccc1n3-c1ccccc1. The molecular weight excluding hydrogens is 1380 g/mol. The molecule has 0 radical (unpaired) electrons. The first-order valence-corrected chi connectivity index (χ1v) is 36.7. The van der Waals surface area contributed by atoms with Gasteiger partial charge in [0.2, 0.25) is 0 Å². The quantitative estimate of drug-likeness (QED) is 0.172. The van der Waals surface area contributed by atoms with Gasteiger partial charge < -0.3 is 0 Å². The Bertz CT molecular complexity index is 5340. The zero-order valence-electron chi connectivity index (χ0n) is 57.5. The van der Waals surface area contributed by atoms with Crippen molar-refractivity contribution in [2.24, 2.45) is 0 Å². The number of hydrogen-bond acceptors (Lipinski definition) is 5. The second-order valence-corrected chi connectivity index (χ2v) is 34.0. The summed E-state index contributed by atoms with van der Waals surface area (Å²) in [7, 11) is 0. The van der Waals surface area contributed by atoms with E-state index in [0.717, 1.165) is 79.1 Å². The van der Waals surface area contributed by atoms with Crippen LogP contribution in [0, 0.1) is 0 Å². The molecule has 16 bridgehead atoms. The van der Waals surface area contributed by atoms with Gasteiger partial charge >= 0.3 is 573 Å². The van der Waals surface area contributed by atoms with Crippen LogP contribution >= 0.6 is 0 Å².